The van der Waals surface area contributed by atoms with E-state index in [4.69, 9.17) is 0 Å². The molecule has 0 bridgehead atoms. The molecule has 0 radical (unpaired) electrons. The van der Waals surface area contributed by atoms with Crippen molar-refractivity contribution in [2.75, 3.05) is 6.54 Å². The first-order valence-electron chi connectivity index (χ1n) is 8.56. The third-order valence-electron chi connectivity index (χ3n) is 4.92. The molecule has 0 amide bonds. The van der Waals surface area contributed by atoms with Crippen molar-refractivity contribution in [2.24, 2.45) is 0 Å². The molecule has 1 N–H and O–H groups in total. The number of nitrogens with one attached hydrogen (secondary N) is 1. The van der Waals surface area contributed by atoms with Gasteiger partial charge in [0.05, 0.1) is 5.75 Å². The third-order valence-corrected chi connectivity index (χ3v) is 7.34. The van der Waals surface area contributed by atoms with Crippen LogP contribution < -0.4 is 4.72 Å². The van der Waals surface area contributed by atoms with Gasteiger partial charge in [0.25, 0.3) is 0 Å². The van der Waals surface area contributed by atoms with E-state index in [0.29, 0.717) is 6.54 Å². The van der Waals surface area contributed by atoms with Gasteiger partial charge >= 0.3 is 0 Å². The van der Waals surface area contributed by atoms with Crippen LogP contribution in [0, 0.1) is 6.92 Å². The van der Waals surface area contributed by atoms with Crippen molar-refractivity contribution in [3.8, 4) is 0 Å². The molecule has 1 aliphatic rings. The predicted octanol–water partition coefficient (Wildman–Crippen LogP) is 4.38. The highest BCUT2D eigenvalue weighted by atomic mass is 32.2. The van der Waals surface area contributed by atoms with Gasteiger partial charge in [-0.1, -0.05) is 55.2 Å². The van der Waals surface area contributed by atoms with E-state index in [1.165, 1.54) is 24.1 Å². The van der Waals surface area contributed by atoms with Crippen LogP contribution in [0.4, 0.5) is 0 Å². The molecule has 3 nitrogen and oxygen atoms in total. The van der Waals surface area contributed by atoms with Crippen LogP contribution in [0.5, 0.6) is 0 Å². The number of benzene rings is 1. The number of thiophene rings is 1. The molecular weight excluding hydrogens is 338 g/mol. The Labute approximate surface area is 149 Å². The highest BCUT2D eigenvalue weighted by Crippen LogP contribution is 2.41. The second-order valence-corrected chi connectivity index (χ2v) is 9.64. The standard InChI is InChI=1S/C19H25NO2S2/c1-16-7-5-8-17(13-16)14-24(21,22)20-15-19(10-3-2-4-11-19)18-9-6-12-23-18/h5-9,12-13,20H,2-4,10-11,14-15H2,1H3. The molecule has 3 rings (SSSR count). The van der Waals surface area contributed by atoms with Crippen LogP contribution in [-0.4, -0.2) is 15.0 Å². The molecule has 130 valence electrons. The Balaban J connectivity index is 1.72. The maximum Gasteiger partial charge on any atom is 0.215 e. The first-order valence-corrected chi connectivity index (χ1v) is 11.1. The lowest BCUT2D eigenvalue weighted by Gasteiger charge is -2.36. The second kappa shape index (κ2) is 7.38. The van der Waals surface area contributed by atoms with E-state index in [2.05, 4.69) is 22.2 Å². The Morgan fingerprint density at radius 3 is 2.58 bits per heavy atom. The summed E-state index contributed by atoms with van der Waals surface area (Å²) in [6, 6.07) is 11.9. The largest absolute Gasteiger partial charge is 0.215 e. The molecule has 1 heterocycles. The molecule has 0 spiro atoms. The number of sulfonamides is 1. The summed E-state index contributed by atoms with van der Waals surface area (Å²) in [7, 11) is -3.33. The fourth-order valence-electron chi connectivity index (χ4n) is 3.64. The summed E-state index contributed by atoms with van der Waals surface area (Å²) < 4.78 is 28.0. The van der Waals surface area contributed by atoms with Crippen molar-refractivity contribution in [1.82, 2.24) is 4.72 Å². The van der Waals surface area contributed by atoms with E-state index in [9.17, 15) is 8.42 Å². The predicted molar refractivity (Wildman–Crippen MR) is 101 cm³/mol. The van der Waals surface area contributed by atoms with Crippen LogP contribution in [0.3, 0.4) is 0 Å². The van der Waals surface area contributed by atoms with E-state index >= 15 is 0 Å². The summed E-state index contributed by atoms with van der Waals surface area (Å²) in [5, 5.41) is 2.09. The number of hydrogen-bond donors (Lipinski definition) is 1. The number of rotatable bonds is 6. The summed E-state index contributed by atoms with van der Waals surface area (Å²) in [6.07, 6.45) is 5.75. The van der Waals surface area contributed by atoms with Gasteiger partial charge in [-0.3, -0.25) is 0 Å². The summed E-state index contributed by atoms with van der Waals surface area (Å²) in [6.45, 7) is 2.50. The molecule has 0 aliphatic heterocycles. The van der Waals surface area contributed by atoms with Gasteiger partial charge in [-0.15, -0.1) is 11.3 Å². The lowest BCUT2D eigenvalue weighted by molar-refractivity contribution is 0.298. The summed E-state index contributed by atoms with van der Waals surface area (Å²) in [5.41, 5.74) is 1.91. The van der Waals surface area contributed by atoms with Crippen molar-refractivity contribution >= 4 is 21.4 Å². The zero-order chi connectivity index (χ0) is 17.0. The summed E-state index contributed by atoms with van der Waals surface area (Å²) >= 11 is 1.75. The maximum absolute atomic E-state index is 12.6. The van der Waals surface area contributed by atoms with Crippen molar-refractivity contribution < 1.29 is 8.42 Å². The quantitative estimate of drug-likeness (QED) is 0.828. The van der Waals surface area contributed by atoms with Crippen molar-refractivity contribution in [1.29, 1.82) is 0 Å². The van der Waals surface area contributed by atoms with E-state index in [1.807, 2.05) is 31.2 Å². The highest BCUT2D eigenvalue weighted by Gasteiger charge is 2.35. The molecular formula is C19H25NO2S2. The Bertz CT molecular complexity index is 760. The SMILES string of the molecule is Cc1cccc(CS(=O)(=O)NCC2(c3cccs3)CCCCC2)c1. The molecule has 1 aromatic carbocycles. The van der Waals surface area contributed by atoms with E-state index < -0.39 is 10.0 Å². The summed E-state index contributed by atoms with van der Waals surface area (Å²) in [4.78, 5) is 1.32. The average Bonchev–Trinajstić information content (AvgIpc) is 3.09. The highest BCUT2D eigenvalue weighted by molar-refractivity contribution is 7.88. The van der Waals surface area contributed by atoms with Gasteiger partial charge in [0, 0.05) is 16.8 Å². The summed E-state index contributed by atoms with van der Waals surface area (Å²) in [5.74, 6) is 0.0508. The second-order valence-electron chi connectivity index (χ2n) is 6.89. The topological polar surface area (TPSA) is 46.2 Å². The lowest BCUT2D eigenvalue weighted by atomic mass is 9.73. The van der Waals surface area contributed by atoms with Crippen LogP contribution in [0.15, 0.2) is 41.8 Å². The minimum absolute atomic E-state index is 0.0217. The third kappa shape index (κ3) is 4.26. The zero-order valence-corrected chi connectivity index (χ0v) is 15.8. The fraction of sp³-hybridized carbons (Fsp3) is 0.474. The van der Waals surface area contributed by atoms with E-state index in [1.54, 1.807) is 11.3 Å². The molecule has 1 aromatic heterocycles. The molecule has 0 atom stereocenters. The lowest BCUT2D eigenvalue weighted by Crippen LogP contribution is -2.42. The molecule has 1 aliphatic carbocycles. The van der Waals surface area contributed by atoms with Crippen LogP contribution in [0.1, 0.15) is 48.1 Å². The maximum atomic E-state index is 12.6. The molecule has 24 heavy (non-hydrogen) atoms. The van der Waals surface area contributed by atoms with Crippen LogP contribution in [0.25, 0.3) is 0 Å². The van der Waals surface area contributed by atoms with Gasteiger partial charge in [-0.25, -0.2) is 13.1 Å². The molecule has 5 heteroatoms. The Morgan fingerprint density at radius 1 is 1.12 bits per heavy atom. The average molecular weight is 364 g/mol. The molecule has 2 aromatic rings. The fourth-order valence-corrected chi connectivity index (χ4v) is 5.84. The number of aryl methyl sites for hydroxylation is 1. The zero-order valence-electron chi connectivity index (χ0n) is 14.1. The van der Waals surface area contributed by atoms with Gasteiger partial charge in [0.15, 0.2) is 0 Å². The van der Waals surface area contributed by atoms with E-state index in [-0.39, 0.29) is 11.2 Å². The first-order chi connectivity index (χ1) is 11.5. The van der Waals surface area contributed by atoms with Gasteiger partial charge < -0.3 is 0 Å². The van der Waals surface area contributed by atoms with Crippen molar-refractivity contribution in [2.45, 2.75) is 50.2 Å². The van der Waals surface area contributed by atoms with Crippen LogP contribution >= 0.6 is 11.3 Å². The van der Waals surface area contributed by atoms with Crippen molar-refractivity contribution in [3.05, 3.63) is 57.8 Å². The first kappa shape index (κ1) is 17.6. The Kier molecular flexibility index (Phi) is 5.42. The van der Waals surface area contributed by atoms with Gasteiger partial charge in [-0.2, -0.15) is 0 Å². The minimum Gasteiger partial charge on any atom is -0.214 e. The molecule has 0 saturated heterocycles. The Hall–Kier alpha value is -1.17. The smallest absolute Gasteiger partial charge is 0.214 e. The number of hydrogen-bond acceptors (Lipinski definition) is 3. The van der Waals surface area contributed by atoms with Gasteiger partial charge in [0.2, 0.25) is 10.0 Å². The van der Waals surface area contributed by atoms with Gasteiger partial charge in [-0.05, 0) is 36.8 Å². The molecule has 0 unspecified atom stereocenters. The molecule has 1 fully saturated rings. The van der Waals surface area contributed by atoms with Crippen molar-refractivity contribution in [3.63, 3.8) is 0 Å². The molecule has 1 saturated carbocycles. The van der Waals surface area contributed by atoms with E-state index in [0.717, 1.165) is 24.0 Å². The van der Waals surface area contributed by atoms with Crippen LogP contribution in [-0.2, 0) is 21.2 Å². The van der Waals surface area contributed by atoms with Crippen LogP contribution in [0.2, 0.25) is 0 Å². The monoisotopic (exact) mass is 363 g/mol. The normalized spacial score (nSPS) is 17.7. The van der Waals surface area contributed by atoms with Gasteiger partial charge in [0.1, 0.15) is 0 Å². The minimum atomic E-state index is -3.33. The Morgan fingerprint density at radius 2 is 1.92 bits per heavy atom.